The maximum atomic E-state index is 13.1. The monoisotopic (exact) mass is 454 g/mol. The van der Waals surface area contributed by atoms with Crippen molar-refractivity contribution in [3.8, 4) is 0 Å². The van der Waals surface area contributed by atoms with E-state index < -0.39 is 0 Å². The number of nitrogens with one attached hydrogen (secondary N) is 1. The Hall–Kier alpha value is -2.47. The molecule has 31 heavy (non-hydrogen) atoms. The molecule has 0 atom stereocenters. The molecule has 0 radical (unpaired) electrons. The van der Waals surface area contributed by atoms with Gasteiger partial charge in [-0.25, -0.2) is 0 Å². The van der Waals surface area contributed by atoms with Gasteiger partial charge in [0.1, 0.15) is 5.00 Å². The zero-order chi connectivity index (χ0) is 22.4. The summed E-state index contributed by atoms with van der Waals surface area (Å²) in [5.41, 5.74) is 8.90. The van der Waals surface area contributed by atoms with E-state index in [1.165, 1.54) is 22.5 Å². The van der Waals surface area contributed by atoms with Gasteiger partial charge in [-0.1, -0.05) is 61.8 Å². The summed E-state index contributed by atoms with van der Waals surface area (Å²) in [5, 5.41) is 3.67. The van der Waals surface area contributed by atoms with E-state index >= 15 is 0 Å². The van der Waals surface area contributed by atoms with Gasteiger partial charge < -0.3 is 11.1 Å². The Kier molecular flexibility index (Phi) is 8.02. The van der Waals surface area contributed by atoms with E-state index in [0.717, 1.165) is 24.1 Å². The third kappa shape index (κ3) is 6.26. The molecule has 0 aliphatic rings. The molecule has 0 saturated carbocycles. The zero-order valence-electron chi connectivity index (χ0n) is 17.8. The highest BCUT2D eigenvalue weighted by Gasteiger charge is 2.20. The summed E-state index contributed by atoms with van der Waals surface area (Å²) in [6.07, 6.45) is 2.70. The normalized spacial score (nSPS) is 11.0. The van der Waals surface area contributed by atoms with E-state index in [9.17, 15) is 9.59 Å². The zero-order valence-corrected chi connectivity index (χ0v) is 19.4. The Morgan fingerprint density at radius 2 is 1.68 bits per heavy atom. The van der Waals surface area contributed by atoms with Crippen LogP contribution in [-0.4, -0.2) is 18.2 Å². The van der Waals surface area contributed by atoms with E-state index in [0.29, 0.717) is 27.1 Å². The standard InChI is InChI=1S/C25H27ClN2O2S/c1-16(2)13-18-9-7-17(8-10-18)11-12-19-14-21(25(31-19)28-23(29)15-27)24(30)20-5-3-4-6-22(20)26/h3-10,14,16H,11-13,15,27H2,1-2H3,(H,28,29). The number of hydrogen-bond donors (Lipinski definition) is 2. The van der Waals surface area contributed by atoms with Crippen molar-refractivity contribution >= 4 is 39.6 Å². The van der Waals surface area contributed by atoms with E-state index in [-0.39, 0.29) is 18.2 Å². The third-order valence-electron chi connectivity index (χ3n) is 4.91. The van der Waals surface area contributed by atoms with E-state index in [4.69, 9.17) is 17.3 Å². The van der Waals surface area contributed by atoms with E-state index in [2.05, 4.69) is 43.4 Å². The summed E-state index contributed by atoms with van der Waals surface area (Å²) in [4.78, 5) is 26.0. The molecule has 4 nitrogen and oxygen atoms in total. The first-order chi connectivity index (χ1) is 14.9. The van der Waals surface area contributed by atoms with Crippen LogP contribution < -0.4 is 11.1 Å². The van der Waals surface area contributed by atoms with Gasteiger partial charge in [-0.05, 0) is 54.5 Å². The van der Waals surface area contributed by atoms with Crippen LogP contribution in [0.1, 0.15) is 45.8 Å². The minimum atomic E-state index is -0.331. The van der Waals surface area contributed by atoms with Crippen molar-refractivity contribution in [2.24, 2.45) is 11.7 Å². The van der Waals surface area contributed by atoms with Gasteiger partial charge in [-0.3, -0.25) is 9.59 Å². The van der Waals surface area contributed by atoms with Crippen molar-refractivity contribution in [1.82, 2.24) is 0 Å². The summed E-state index contributed by atoms with van der Waals surface area (Å²) >= 11 is 7.63. The van der Waals surface area contributed by atoms with Crippen LogP contribution in [0.2, 0.25) is 5.02 Å². The number of benzene rings is 2. The van der Waals surface area contributed by atoms with Crippen molar-refractivity contribution < 1.29 is 9.59 Å². The average Bonchev–Trinajstić information content (AvgIpc) is 3.15. The van der Waals surface area contributed by atoms with Gasteiger partial charge in [-0.2, -0.15) is 0 Å². The smallest absolute Gasteiger partial charge is 0.238 e. The summed E-state index contributed by atoms with van der Waals surface area (Å²) < 4.78 is 0. The second-order valence-electron chi connectivity index (χ2n) is 7.93. The fourth-order valence-corrected chi connectivity index (χ4v) is 4.67. The van der Waals surface area contributed by atoms with Gasteiger partial charge in [-0.15, -0.1) is 11.3 Å². The molecule has 0 aliphatic heterocycles. The molecule has 162 valence electrons. The molecule has 0 saturated heterocycles. The lowest BCUT2D eigenvalue weighted by Crippen LogP contribution is -2.22. The number of nitrogens with two attached hydrogens (primary N) is 1. The van der Waals surface area contributed by atoms with Crippen molar-refractivity contribution in [3.05, 3.63) is 86.8 Å². The molecule has 2 aromatic carbocycles. The van der Waals surface area contributed by atoms with E-state index in [1.54, 1.807) is 24.3 Å². The first-order valence-corrected chi connectivity index (χ1v) is 11.6. The number of halogens is 1. The van der Waals surface area contributed by atoms with Crippen LogP contribution in [0.4, 0.5) is 5.00 Å². The number of ketones is 1. The second-order valence-corrected chi connectivity index (χ2v) is 9.48. The van der Waals surface area contributed by atoms with Gasteiger partial charge in [0.2, 0.25) is 5.91 Å². The molecule has 3 aromatic rings. The van der Waals surface area contributed by atoms with Crippen molar-refractivity contribution in [1.29, 1.82) is 0 Å². The minimum Gasteiger partial charge on any atom is -0.322 e. The highest BCUT2D eigenvalue weighted by atomic mass is 35.5. The predicted molar refractivity (Wildman–Crippen MR) is 129 cm³/mol. The highest BCUT2D eigenvalue weighted by molar-refractivity contribution is 7.16. The summed E-state index contributed by atoms with van der Waals surface area (Å²) in [7, 11) is 0. The van der Waals surface area contributed by atoms with Crippen molar-refractivity contribution in [2.75, 3.05) is 11.9 Å². The van der Waals surface area contributed by atoms with Crippen LogP contribution in [0.3, 0.4) is 0 Å². The minimum absolute atomic E-state index is 0.143. The molecule has 1 aromatic heterocycles. The van der Waals surface area contributed by atoms with Gasteiger partial charge in [0.05, 0.1) is 17.1 Å². The molecule has 6 heteroatoms. The molecule has 0 unspecified atom stereocenters. The van der Waals surface area contributed by atoms with Crippen LogP contribution in [0.5, 0.6) is 0 Å². The number of thiophene rings is 1. The van der Waals surface area contributed by atoms with Crippen LogP contribution >= 0.6 is 22.9 Å². The molecule has 0 fully saturated rings. The van der Waals surface area contributed by atoms with Gasteiger partial charge in [0, 0.05) is 10.4 Å². The Morgan fingerprint density at radius 3 is 2.32 bits per heavy atom. The maximum Gasteiger partial charge on any atom is 0.238 e. The van der Waals surface area contributed by atoms with Gasteiger partial charge in [0.25, 0.3) is 0 Å². The van der Waals surface area contributed by atoms with Crippen molar-refractivity contribution in [3.63, 3.8) is 0 Å². The Bertz CT molecular complexity index is 1060. The number of carbonyl (C=O) groups excluding carboxylic acids is 2. The number of carbonyl (C=O) groups is 2. The molecule has 0 bridgehead atoms. The van der Waals surface area contributed by atoms with Crippen LogP contribution in [-0.2, 0) is 24.1 Å². The Balaban J connectivity index is 1.79. The molecule has 1 heterocycles. The topological polar surface area (TPSA) is 72.2 Å². The lowest BCUT2D eigenvalue weighted by Gasteiger charge is -2.06. The Morgan fingerprint density at radius 1 is 1.00 bits per heavy atom. The third-order valence-corrected chi connectivity index (χ3v) is 6.35. The first kappa shape index (κ1) is 23.2. The molecular formula is C25H27ClN2O2S. The summed E-state index contributed by atoms with van der Waals surface area (Å²) in [6.45, 7) is 4.29. The largest absolute Gasteiger partial charge is 0.322 e. The summed E-state index contributed by atoms with van der Waals surface area (Å²) in [5.74, 6) is 0.0917. The molecule has 3 N–H and O–H groups in total. The van der Waals surface area contributed by atoms with Crippen molar-refractivity contribution in [2.45, 2.75) is 33.1 Å². The fraction of sp³-hybridized carbons (Fsp3) is 0.280. The number of amides is 1. The molecule has 1 amide bonds. The molecular weight excluding hydrogens is 428 g/mol. The lowest BCUT2D eigenvalue weighted by molar-refractivity contribution is -0.114. The number of aryl methyl sites for hydroxylation is 2. The lowest BCUT2D eigenvalue weighted by atomic mass is 10.00. The van der Waals surface area contributed by atoms with Crippen LogP contribution in [0, 0.1) is 5.92 Å². The maximum absolute atomic E-state index is 13.1. The molecule has 3 rings (SSSR count). The number of rotatable bonds is 9. The number of anilines is 1. The van der Waals surface area contributed by atoms with Gasteiger partial charge >= 0.3 is 0 Å². The predicted octanol–water partition coefficient (Wildman–Crippen LogP) is 5.51. The van der Waals surface area contributed by atoms with Gasteiger partial charge in [0.15, 0.2) is 5.78 Å². The summed E-state index contributed by atoms with van der Waals surface area (Å²) in [6, 6.07) is 17.5. The van der Waals surface area contributed by atoms with Crippen LogP contribution in [0.25, 0.3) is 0 Å². The van der Waals surface area contributed by atoms with Crippen LogP contribution in [0.15, 0.2) is 54.6 Å². The average molecular weight is 455 g/mol. The van der Waals surface area contributed by atoms with E-state index in [1.807, 2.05) is 6.07 Å². The molecule has 0 aliphatic carbocycles. The molecule has 0 spiro atoms. The Labute approximate surface area is 192 Å². The highest BCUT2D eigenvalue weighted by Crippen LogP contribution is 2.32. The fourth-order valence-electron chi connectivity index (χ4n) is 3.38. The first-order valence-electron chi connectivity index (χ1n) is 10.4. The quantitative estimate of drug-likeness (QED) is 0.418. The SMILES string of the molecule is CC(C)Cc1ccc(CCc2cc(C(=O)c3ccccc3Cl)c(NC(=O)CN)s2)cc1. The second kappa shape index (κ2) is 10.7. The number of hydrogen-bond acceptors (Lipinski definition) is 4.